The van der Waals surface area contributed by atoms with E-state index in [0.29, 0.717) is 0 Å². The van der Waals surface area contributed by atoms with E-state index < -0.39 is 0 Å². The molecular formula is Fe2Ni2O7Zn2. The third kappa shape index (κ3) is 283. The Morgan fingerprint density at radius 2 is 0.308 bits per heavy atom. The monoisotopic (exact) mass is 468 g/mol. The van der Waals surface area contributed by atoms with Crippen LogP contribution >= 0.6 is 0 Å². The molecule has 0 amide bonds. The molecule has 0 saturated heterocycles. The summed E-state index contributed by atoms with van der Waals surface area (Å²) in [5.41, 5.74) is 0. The molecule has 0 aliphatic heterocycles. The van der Waals surface area contributed by atoms with E-state index in [-0.39, 0.29) is 144 Å². The van der Waals surface area contributed by atoms with Gasteiger partial charge in [-0.05, 0) is 0 Å². The second kappa shape index (κ2) is 328. The molecule has 2 radical (unpaired) electrons. The van der Waals surface area contributed by atoms with Crippen molar-refractivity contribution in [2.24, 2.45) is 0 Å². The molecular weight excluding hydrogens is 472 g/mol. The van der Waals surface area contributed by atoms with Gasteiger partial charge < -0.3 is 38.3 Å². The molecule has 0 rings (SSSR count). The first-order valence-electron chi connectivity index (χ1n) is 0. The molecule has 13 heavy (non-hydrogen) atoms. The van der Waals surface area contributed by atoms with Crippen molar-refractivity contribution in [3.05, 3.63) is 0 Å². The van der Waals surface area contributed by atoms with Gasteiger partial charge in [0.15, 0.2) is 0 Å². The molecule has 0 aliphatic rings. The molecule has 0 N–H and O–H groups in total. The molecule has 0 fully saturated rings. The van der Waals surface area contributed by atoms with Crippen LogP contribution in [0.15, 0.2) is 0 Å². The summed E-state index contributed by atoms with van der Waals surface area (Å²) in [7, 11) is 0. The first-order chi connectivity index (χ1) is 0. The quantitative estimate of drug-likeness (QED) is 0.396. The standard InChI is InChI=1S/2Fe.2Ni.7O.2Zn/q2*+3;2*+2;7*-2;2*+2. The van der Waals surface area contributed by atoms with Gasteiger partial charge in [0.25, 0.3) is 0 Å². The molecule has 82 valence electrons. The van der Waals surface area contributed by atoms with Crippen molar-refractivity contribution in [1.29, 1.82) is 0 Å². The van der Waals surface area contributed by atoms with Gasteiger partial charge in [0.1, 0.15) is 0 Å². The Morgan fingerprint density at radius 3 is 0.308 bits per heavy atom. The molecule has 13 heteroatoms. The van der Waals surface area contributed by atoms with E-state index in [9.17, 15) is 0 Å². The van der Waals surface area contributed by atoms with E-state index in [1.807, 2.05) is 0 Å². The predicted molar refractivity (Wildman–Crippen MR) is 4.81 cm³/mol. The largest absolute Gasteiger partial charge is 3.00 e. The van der Waals surface area contributed by atoms with Crippen LogP contribution in [0.3, 0.4) is 0 Å². The summed E-state index contributed by atoms with van der Waals surface area (Å²) < 4.78 is 0. The van der Waals surface area contributed by atoms with E-state index in [0.717, 1.165) is 0 Å². The Balaban J connectivity index is 0. The van der Waals surface area contributed by atoms with Crippen LogP contribution in [0.2, 0.25) is 0 Å². The summed E-state index contributed by atoms with van der Waals surface area (Å²) in [6.07, 6.45) is 0. The van der Waals surface area contributed by atoms with E-state index >= 15 is 0 Å². The van der Waals surface area contributed by atoms with Crippen LogP contribution in [-0.4, -0.2) is 0 Å². The fourth-order valence-corrected chi connectivity index (χ4v) is 0. The molecule has 0 spiro atoms. The first-order valence-corrected chi connectivity index (χ1v) is 0. The zero-order valence-corrected chi connectivity index (χ0v) is 15.7. The van der Waals surface area contributed by atoms with Gasteiger partial charge in [0.05, 0.1) is 0 Å². The third-order valence-corrected chi connectivity index (χ3v) is 0. The van der Waals surface area contributed by atoms with Crippen LogP contribution in [0.5, 0.6) is 0 Å². The number of hydrogen-bond acceptors (Lipinski definition) is 0. The minimum atomic E-state index is 0. The second-order valence-electron chi connectivity index (χ2n) is 0. The molecule has 0 aromatic heterocycles. The van der Waals surface area contributed by atoms with Crippen molar-refractivity contribution in [3.63, 3.8) is 0 Å². The second-order valence-corrected chi connectivity index (χ2v) is 0. The maximum Gasteiger partial charge on any atom is 3.00 e. The van der Waals surface area contributed by atoms with Gasteiger partial charge in [0, 0.05) is 0 Å². The fraction of sp³-hybridized carbons (Fsp3) is 0. The normalized spacial score (nSPS) is 0. The first kappa shape index (κ1) is 401. The number of rotatable bonds is 0. The molecule has 0 unspecified atom stereocenters. The van der Waals surface area contributed by atoms with Crippen molar-refractivity contribution in [3.8, 4) is 0 Å². The van der Waals surface area contributed by atoms with Crippen LogP contribution in [-0.2, 0) is 144 Å². The Labute approximate surface area is 143 Å². The summed E-state index contributed by atoms with van der Waals surface area (Å²) in [6.45, 7) is 0. The van der Waals surface area contributed by atoms with Crippen molar-refractivity contribution in [1.82, 2.24) is 0 Å². The maximum atomic E-state index is 0. The Morgan fingerprint density at radius 1 is 0.308 bits per heavy atom. The Bertz CT molecular complexity index is 22.5. The van der Waals surface area contributed by atoms with Gasteiger partial charge in [0.2, 0.25) is 0 Å². The van der Waals surface area contributed by atoms with Crippen molar-refractivity contribution >= 4 is 0 Å². The molecule has 0 saturated carbocycles. The van der Waals surface area contributed by atoms with E-state index in [2.05, 4.69) is 0 Å². The SMILES string of the molecule is [Fe+3].[Fe+3].[Ni+2].[Ni+2].[O-2].[O-2].[O-2].[O-2].[O-2].[O-2].[O-2].[Zn+2].[Zn+2]. The van der Waals surface area contributed by atoms with Gasteiger partial charge in [-0.15, -0.1) is 0 Å². The van der Waals surface area contributed by atoms with Crippen molar-refractivity contribution in [2.75, 3.05) is 0 Å². The fourth-order valence-electron chi connectivity index (χ4n) is 0. The summed E-state index contributed by atoms with van der Waals surface area (Å²) in [6, 6.07) is 0. The van der Waals surface area contributed by atoms with Crippen LogP contribution in [0.1, 0.15) is 0 Å². The summed E-state index contributed by atoms with van der Waals surface area (Å²) in [4.78, 5) is 0. The van der Waals surface area contributed by atoms with Gasteiger partial charge in [-0.25, -0.2) is 0 Å². The Kier molecular flexibility index (Phi) is 10100. The van der Waals surface area contributed by atoms with E-state index in [1.54, 1.807) is 0 Å². The smallest absolute Gasteiger partial charge is 2.00 e. The van der Waals surface area contributed by atoms with E-state index in [1.165, 1.54) is 0 Å². The molecule has 0 atom stereocenters. The topological polar surface area (TPSA) is 200 Å². The maximum absolute atomic E-state index is 0. The third-order valence-electron chi connectivity index (χ3n) is 0. The van der Waals surface area contributed by atoms with Crippen LogP contribution in [0.4, 0.5) is 0 Å². The predicted octanol–water partition coefficient (Wildman–Crippen LogP) is -0.847. The summed E-state index contributed by atoms with van der Waals surface area (Å²) >= 11 is 0. The minimum absolute atomic E-state index is 0. The minimum Gasteiger partial charge on any atom is -2.00 e. The average molecular weight is 472 g/mol. The van der Waals surface area contributed by atoms with Gasteiger partial charge in [-0.1, -0.05) is 0 Å². The number of hydrogen-bond donors (Lipinski definition) is 0. The van der Waals surface area contributed by atoms with Crippen LogP contribution in [0.25, 0.3) is 0 Å². The molecule has 0 heterocycles. The van der Waals surface area contributed by atoms with E-state index in [4.69, 9.17) is 0 Å². The van der Waals surface area contributed by atoms with Crippen LogP contribution in [0, 0.1) is 0 Å². The molecule has 0 bridgehead atoms. The van der Waals surface area contributed by atoms with Crippen LogP contribution < -0.4 is 0 Å². The van der Waals surface area contributed by atoms with Gasteiger partial charge in [-0.2, -0.15) is 0 Å². The molecule has 0 aromatic rings. The zero-order valence-electron chi connectivity index (χ0n) is 5.61. The van der Waals surface area contributed by atoms with Gasteiger partial charge >= 0.3 is 106 Å². The van der Waals surface area contributed by atoms with Crippen molar-refractivity contribution in [2.45, 2.75) is 0 Å². The summed E-state index contributed by atoms with van der Waals surface area (Å²) in [5, 5.41) is 0. The summed E-state index contributed by atoms with van der Waals surface area (Å²) in [5.74, 6) is 0. The van der Waals surface area contributed by atoms with Gasteiger partial charge in [-0.3, -0.25) is 0 Å². The molecule has 7 nitrogen and oxygen atoms in total. The Hall–Kier alpha value is 2.99. The average Bonchev–Trinajstić information content (AvgIpc) is 0. The molecule has 0 aliphatic carbocycles. The van der Waals surface area contributed by atoms with Crippen molar-refractivity contribution < 1.29 is 144 Å². The zero-order chi connectivity index (χ0) is 0. The molecule has 0 aromatic carbocycles.